The van der Waals surface area contributed by atoms with E-state index in [1.165, 1.54) is 12.1 Å². The van der Waals surface area contributed by atoms with Crippen LogP contribution in [0.3, 0.4) is 0 Å². The standard InChI is InChI=1S/C29H29F3O2/c1-3-19-5-11-22(12-6-19)24-14-16-27(29(32)28(24)31)34-18-20-7-9-21(10-8-20)23-13-15-26(33-4-2)25(30)17-23/h3,7-10,13-17,19,22H,1,4-6,11-12,18H2,2H3. The van der Waals surface area contributed by atoms with Crippen LogP contribution in [0.15, 0.2) is 67.3 Å². The van der Waals surface area contributed by atoms with Crippen molar-refractivity contribution in [2.24, 2.45) is 5.92 Å². The van der Waals surface area contributed by atoms with E-state index in [1.54, 1.807) is 25.1 Å². The number of halogens is 3. The van der Waals surface area contributed by atoms with Crippen molar-refractivity contribution in [3.63, 3.8) is 0 Å². The molecule has 178 valence electrons. The van der Waals surface area contributed by atoms with E-state index in [2.05, 4.69) is 6.58 Å². The molecule has 0 atom stereocenters. The monoisotopic (exact) mass is 466 g/mol. The molecule has 34 heavy (non-hydrogen) atoms. The Morgan fingerprint density at radius 1 is 0.824 bits per heavy atom. The Balaban J connectivity index is 1.40. The zero-order chi connectivity index (χ0) is 24.1. The fraction of sp³-hybridized carbons (Fsp3) is 0.310. The third kappa shape index (κ3) is 5.30. The molecule has 0 aliphatic heterocycles. The third-order valence-corrected chi connectivity index (χ3v) is 6.54. The first kappa shape index (κ1) is 23.9. The molecule has 0 bridgehead atoms. The molecule has 0 amide bonds. The summed E-state index contributed by atoms with van der Waals surface area (Å²) in [6.45, 7) is 6.13. The average molecular weight is 467 g/mol. The Kier molecular flexibility index (Phi) is 7.61. The van der Waals surface area contributed by atoms with Crippen molar-refractivity contribution in [3.05, 3.63) is 95.8 Å². The SMILES string of the molecule is C=CC1CCC(c2ccc(OCc3ccc(-c4ccc(OCC)c(F)c4)cc3)c(F)c2F)CC1. The van der Waals surface area contributed by atoms with E-state index in [1.807, 2.05) is 30.3 Å². The van der Waals surface area contributed by atoms with Gasteiger partial charge in [0, 0.05) is 0 Å². The highest BCUT2D eigenvalue weighted by Gasteiger charge is 2.25. The molecule has 1 saturated carbocycles. The zero-order valence-electron chi connectivity index (χ0n) is 19.3. The molecule has 3 aromatic rings. The fourth-order valence-electron chi connectivity index (χ4n) is 4.55. The van der Waals surface area contributed by atoms with Gasteiger partial charge in [-0.15, -0.1) is 6.58 Å². The quantitative estimate of drug-likeness (QED) is 0.312. The van der Waals surface area contributed by atoms with Gasteiger partial charge < -0.3 is 9.47 Å². The topological polar surface area (TPSA) is 18.5 Å². The lowest BCUT2D eigenvalue weighted by Gasteiger charge is -2.27. The molecular formula is C29H29F3O2. The first-order valence-electron chi connectivity index (χ1n) is 11.7. The highest BCUT2D eigenvalue weighted by atomic mass is 19.2. The van der Waals surface area contributed by atoms with Crippen LogP contribution in [0.4, 0.5) is 13.2 Å². The van der Waals surface area contributed by atoms with E-state index in [9.17, 15) is 13.2 Å². The minimum atomic E-state index is -0.940. The van der Waals surface area contributed by atoms with Crippen LogP contribution >= 0.6 is 0 Å². The molecule has 0 spiro atoms. The maximum atomic E-state index is 14.8. The van der Waals surface area contributed by atoms with Crippen LogP contribution < -0.4 is 9.47 Å². The van der Waals surface area contributed by atoms with Gasteiger partial charge in [0.25, 0.3) is 0 Å². The summed E-state index contributed by atoms with van der Waals surface area (Å²) in [4.78, 5) is 0. The Labute approximate surface area is 199 Å². The first-order chi connectivity index (χ1) is 16.5. The lowest BCUT2D eigenvalue weighted by molar-refractivity contribution is 0.282. The number of rotatable bonds is 8. The van der Waals surface area contributed by atoms with Crippen LogP contribution in [0.5, 0.6) is 11.5 Å². The number of hydrogen-bond donors (Lipinski definition) is 0. The maximum absolute atomic E-state index is 14.8. The van der Waals surface area contributed by atoms with Gasteiger partial charge >= 0.3 is 0 Å². The number of hydrogen-bond acceptors (Lipinski definition) is 2. The van der Waals surface area contributed by atoms with E-state index in [-0.39, 0.29) is 24.0 Å². The maximum Gasteiger partial charge on any atom is 0.200 e. The van der Waals surface area contributed by atoms with Gasteiger partial charge in [-0.2, -0.15) is 4.39 Å². The van der Waals surface area contributed by atoms with Gasteiger partial charge in [0.15, 0.2) is 23.1 Å². The van der Waals surface area contributed by atoms with E-state index < -0.39 is 17.5 Å². The van der Waals surface area contributed by atoms with Crippen LogP contribution in [0.1, 0.15) is 49.7 Å². The summed E-state index contributed by atoms with van der Waals surface area (Å²) >= 11 is 0. The van der Waals surface area contributed by atoms with Crippen molar-refractivity contribution in [2.75, 3.05) is 6.61 Å². The average Bonchev–Trinajstić information content (AvgIpc) is 2.87. The molecule has 5 heteroatoms. The van der Waals surface area contributed by atoms with Gasteiger partial charge in [-0.05, 0) is 84.9 Å². The lowest BCUT2D eigenvalue weighted by atomic mass is 9.78. The predicted octanol–water partition coefficient (Wildman–Crippen LogP) is 8.21. The number of benzene rings is 3. The Bertz CT molecular complexity index is 1130. The second-order valence-electron chi connectivity index (χ2n) is 8.69. The van der Waals surface area contributed by atoms with Crippen LogP contribution in [0, 0.1) is 23.4 Å². The predicted molar refractivity (Wildman–Crippen MR) is 129 cm³/mol. The normalized spacial score (nSPS) is 17.9. The lowest BCUT2D eigenvalue weighted by Crippen LogP contribution is -2.13. The van der Waals surface area contributed by atoms with Crippen LogP contribution in [0.2, 0.25) is 0 Å². The highest BCUT2D eigenvalue weighted by molar-refractivity contribution is 5.64. The van der Waals surface area contributed by atoms with E-state index in [0.29, 0.717) is 18.1 Å². The van der Waals surface area contributed by atoms with Gasteiger partial charge in [-0.3, -0.25) is 0 Å². The van der Waals surface area contributed by atoms with Gasteiger partial charge in [-0.1, -0.05) is 42.5 Å². The molecule has 0 aromatic heterocycles. The van der Waals surface area contributed by atoms with Crippen molar-refractivity contribution in [1.29, 1.82) is 0 Å². The van der Waals surface area contributed by atoms with Crippen molar-refractivity contribution < 1.29 is 22.6 Å². The molecule has 0 saturated heterocycles. The summed E-state index contributed by atoms with van der Waals surface area (Å²) in [6, 6.07) is 15.3. The summed E-state index contributed by atoms with van der Waals surface area (Å²) < 4.78 is 54.5. The molecule has 1 aliphatic carbocycles. The summed E-state index contributed by atoms with van der Waals surface area (Å²) in [7, 11) is 0. The Hall–Kier alpha value is -3.21. The van der Waals surface area contributed by atoms with Crippen molar-refractivity contribution in [1.82, 2.24) is 0 Å². The molecule has 0 heterocycles. The van der Waals surface area contributed by atoms with Crippen molar-refractivity contribution >= 4 is 0 Å². The minimum Gasteiger partial charge on any atom is -0.491 e. The van der Waals surface area contributed by atoms with Gasteiger partial charge in [0.1, 0.15) is 6.61 Å². The molecule has 0 N–H and O–H groups in total. The summed E-state index contributed by atoms with van der Waals surface area (Å²) in [6.07, 6.45) is 5.52. The molecule has 3 aromatic carbocycles. The van der Waals surface area contributed by atoms with Crippen molar-refractivity contribution in [3.8, 4) is 22.6 Å². The smallest absolute Gasteiger partial charge is 0.200 e. The molecule has 1 fully saturated rings. The van der Waals surface area contributed by atoms with Gasteiger partial charge in [0.2, 0.25) is 5.82 Å². The van der Waals surface area contributed by atoms with Crippen LogP contribution in [0.25, 0.3) is 11.1 Å². The minimum absolute atomic E-state index is 0.0275. The largest absolute Gasteiger partial charge is 0.491 e. The Morgan fingerprint density at radius 2 is 1.50 bits per heavy atom. The summed E-state index contributed by atoms with van der Waals surface area (Å²) in [5, 5.41) is 0. The summed E-state index contributed by atoms with van der Waals surface area (Å²) in [5.74, 6) is -1.55. The van der Waals surface area contributed by atoms with Gasteiger partial charge in [0.05, 0.1) is 6.61 Å². The molecule has 2 nitrogen and oxygen atoms in total. The van der Waals surface area contributed by atoms with E-state index >= 15 is 0 Å². The second-order valence-corrected chi connectivity index (χ2v) is 8.69. The second kappa shape index (κ2) is 10.8. The van der Waals surface area contributed by atoms with Crippen LogP contribution in [-0.4, -0.2) is 6.61 Å². The number of ether oxygens (including phenoxy) is 2. The molecule has 0 radical (unpaired) electrons. The molecular weight excluding hydrogens is 437 g/mol. The first-order valence-corrected chi connectivity index (χ1v) is 11.7. The molecule has 0 unspecified atom stereocenters. The van der Waals surface area contributed by atoms with Gasteiger partial charge in [-0.25, -0.2) is 8.78 Å². The number of allylic oxidation sites excluding steroid dienone is 1. The Morgan fingerprint density at radius 3 is 2.15 bits per heavy atom. The van der Waals surface area contributed by atoms with Crippen molar-refractivity contribution in [2.45, 2.75) is 45.1 Å². The fourth-order valence-corrected chi connectivity index (χ4v) is 4.55. The van der Waals surface area contributed by atoms with E-state index in [4.69, 9.17) is 9.47 Å². The van der Waals surface area contributed by atoms with E-state index in [0.717, 1.165) is 42.4 Å². The molecule has 1 aliphatic rings. The summed E-state index contributed by atoms with van der Waals surface area (Å²) in [5.41, 5.74) is 2.78. The highest BCUT2D eigenvalue weighted by Crippen LogP contribution is 2.39. The third-order valence-electron chi connectivity index (χ3n) is 6.54. The molecule has 4 rings (SSSR count). The zero-order valence-corrected chi connectivity index (χ0v) is 19.3. The van der Waals surface area contributed by atoms with Crippen LogP contribution in [-0.2, 0) is 6.61 Å².